The molecule has 1 unspecified atom stereocenters. The Balaban J connectivity index is 1.95. The Morgan fingerprint density at radius 1 is 1.26 bits per heavy atom. The highest BCUT2D eigenvalue weighted by Crippen LogP contribution is 2.17. The number of rotatable bonds is 5. The van der Waals surface area contributed by atoms with Crippen LogP contribution in [0.2, 0.25) is 0 Å². The summed E-state index contributed by atoms with van der Waals surface area (Å²) in [6.07, 6.45) is 0. The fraction of sp³-hybridized carbons (Fsp3) is 0.214. The van der Waals surface area contributed by atoms with Gasteiger partial charge in [0.15, 0.2) is 0 Å². The van der Waals surface area contributed by atoms with E-state index in [-0.39, 0.29) is 17.6 Å². The van der Waals surface area contributed by atoms with Crippen molar-refractivity contribution in [1.82, 2.24) is 5.32 Å². The molecule has 0 radical (unpaired) electrons. The molecule has 0 aliphatic heterocycles. The summed E-state index contributed by atoms with van der Waals surface area (Å²) in [5.74, 6) is -0.324. The molecule has 3 N–H and O–H groups in total. The molecular formula is C14H15NO4. The highest BCUT2D eigenvalue weighted by molar-refractivity contribution is 5.84. The number of hydrogen-bond donors (Lipinski definition) is 3. The van der Waals surface area contributed by atoms with Crippen LogP contribution in [0.4, 0.5) is 0 Å². The van der Waals surface area contributed by atoms with Gasteiger partial charge in [-0.1, -0.05) is 12.1 Å². The zero-order valence-corrected chi connectivity index (χ0v) is 10.5. The Labute approximate surface area is 110 Å². The van der Waals surface area contributed by atoms with Crippen LogP contribution in [0.5, 0.6) is 5.75 Å². The van der Waals surface area contributed by atoms with E-state index >= 15 is 0 Å². The average Bonchev–Trinajstić information content (AvgIpc) is 2.87. The van der Waals surface area contributed by atoms with E-state index in [1.54, 1.807) is 18.2 Å². The molecule has 0 saturated carbocycles. The van der Waals surface area contributed by atoms with Gasteiger partial charge in [0.2, 0.25) is 5.76 Å². The molecule has 100 valence electrons. The van der Waals surface area contributed by atoms with Gasteiger partial charge in [-0.15, -0.1) is 0 Å². The number of carboxylic acid groups (broad SMARTS) is 1. The van der Waals surface area contributed by atoms with Gasteiger partial charge in [0.1, 0.15) is 11.5 Å². The summed E-state index contributed by atoms with van der Waals surface area (Å²) in [6, 6.07) is 9.88. The Hall–Kier alpha value is -2.27. The smallest absolute Gasteiger partial charge is 0.371 e. The topological polar surface area (TPSA) is 82.7 Å². The SMILES string of the molecule is CC(NCc1ccc(O)cc1)c1ccc(C(=O)O)o1. The minimum Gasteiger partial charge on any atom is -0.508 e. The predicted molar refractivity (Wildman–Crippen MR) is 69.0 cm³/mol. The number of carbonyl (C=O) groups is 1. The first-order valence-corrected chi connectivity index (χ1v) is 5.90. The van der Waals surface area contributed by atoms with Crippen molar-refractivity contribution in [3.8, 4) is 5.75 Å². The third-order valence-electron chi connectivity index (χ3n) is 2.81. The van der Waals surface area contributed by atoms with Crippen molar-refractivity contribution in [2.75, 3.05) is 0 Å². The second kappa shape index (κ2) is 5.58. The third-order valence-corrected chi connectivity index (χ3v) is 2.81. The Kier molecular flexibility index (Phi) is 3.87. The number of aromatic hydroxyl groups is 1. The lowest BCUT2D eigenvalue weighted by Gasteiger charge is -2.11. The molecule has 1 aromatic heterocycles. The summed E-state index contributed by atoms with van der Waals surface area (Å²) in [6.45, 7) is 2.50. The summed E-state index contributed by atoms with van der Waals surface area (Å²) >= 11 is 0. The van der Waals surface area contributed by atoms with Gasteiger partial charge in [-0.25, -0.2) is 4.79 Å². The average molecular weight is 261 g/mol. The van der Waals surface area contributed by atoms with E-state index in [1.165, 1.54) is 6.07 Å². The minimum absolute atomic E-state index is 0.0618. The molecule has 1 atom stereocenters. The molecule has 1 aromatic carbocycles. The van der Waals surface area contributed by atoms with Gasteiger partial charge in [-0.3, -0.25) is 0 Å². The molecule has 5 heteroatoms. The second-order valence-electron chi connectivity index (χ2n) is 4.28. The molecule has 0 aliphatic carbocycles. The monoisotopic (exact) mass is 261 g/mol. The standard InChI is InChI=1S/C14H15NO4/c1-9(12-6-7-13(19-12)14(17)18)15-8-10-2-4-11(16)5-3-10/h2-7,9,15-16H,8H2,1H3,(H,17,18). The number of phenolic OH excluding ortho intramolecular Hbond substituents is 1. The van der Waals surface area contributed by atoms with Gasteiger partial charge < -0.3 is 19.9 Å². The Morgan fingerprint density at radius 3 is 2.53 bits per heavy atom. The maximum Gasteiger partial charge on any atom is 0.371 e. The second-order valence-corrected chi connectivity index (χ2v) is 4.28. The lowest BCUT2D eigenvalue weighted by molar-refractivity contribution is 0.0659. The van der Waals surface area contributed by atoms with Gasteiger partial charge in [0.25, 0.3) is 0 Å². The minimum atomic E-state index is -1.07. The zero-order chi connectivity index (χ0) is 13.8. The number of carboxylic acids is 1. The van der Waals surface area contributed by atoms with Crippen molar-refractivity contribution in [3.05, 3.63) is 53.5 Å². The van der Waals surface area contributed by atoms with Crippen molar-refractivity contribution in [2.45, 2.75) is 19.5 Å². The van der Waals surface area contributed by atoms with Crippen LogP contribution in [0.3, 0.4) is 0 Å². The summed E-state index contributed by atoms with van der Waals surface area (Å²) in [7, 11) is 0. The van der Waals surface area contributed by atoms with Gasteiger partial charge in [-0.2, -0.15) is 0 Å². The van der Waals surface area contributed by atoms with Gasteiger partial charge in [0, 0.05) is 6.54 Å². The fourth-order valence-corrected chi connectivity index (χ4v) is 1.69. The Bertz CT molecular complexity index is 559. The number of benzene rings is 1. The van der Waals surface area contributed by atoms with Crippen molar-refractivity contribution in [2.24, 2.45) is 0 Å². The van der Waals surface area contributed by atoms with Crippen molar-refractivity contribution < 1.29 is 19.4 Å². The number of furan rings is 1. The quantitative estimate of drug-likeness (QED) is 0.770. The number of hydrogen-bond acceptors (Lipinski definition) is 4. The molecule has 2 aromatic rings. The molecule has 0 spiro atoms. The largest absolute Gasteiger partial charge is 0.508 e. The lowest BCUT2D eigenvalue weighted by atomic mass is 10.2. The van der Waals surface area contributed by atoms with Crippen LogP contribution in [0, 0.1) is 0 Å². The molecule has 5 nitrogen and oxygen atoms in total. The van der Waals surface area contributed by atoms with E-state index < -0.39 is 5.97 Å². The van der Waals surface area contributed by atoms with Crippen LogP contribution in [0.15, 0.2) is 40.8 Å². The van der Waals surface area contributed by atoms with Gasteiger partial charge in [0.05, 0.1) is 6.04 Å². The normalized spacial score (nSPS) is 12.3. The number of nitrogens with one attached hydrogen (secondary N) is 1. The lowest BCUT2D eigenvalue weighted by Crippen LogP contribution is -2.17. The van der Waals surface area contributed by atoms with E-state index in [4.69, 9.17) is 9.52 Å². The summed E-state index contributed by atoms with van der Waals surface area (Å²) in [5, 5.41) is 21.2. The maximum atomic E-state index is 10.7. The molecule has 2 rings (SSSR count). The predicted octanol–water partition coefficient (Wildman–Crippen LogP) is 2.53. The van der Waals surface area contributed by atoms with Crippen LogP contribution < -0.4 is 5.32 Å². The molecule has 0 aliphatic rings. The summed E-state index contributed by atoms with van der Waals surface area (Å²) in [5.41, 5.74) is 1.02. The van der Waals surface area contributed by atoms with E-state index in [2.05, 4.69) is 5.32 Å². The van der Waals surface area contributed by atoms with Crippen LogP contribution in [0.1, 0.15) is 34.8 Å². The Morgan fingerprint density at radius 2 is 1.95 bits per heavy atom. The van der Waals surface area contributed by atoms with Gasteiger partial charge in [-0.05, 0) is 36.8 Å². The van der Waals surface area contributed by atoms with E-state index in [1.807, 2.05) is 19.1 Å². The molecule has 19 heavy (non-hydrogen) atoms. The maximum absolute atomic E-state index is 10.7. The van der Waals surface area contributed by atoms with E-state index in [0.29, 0.717) is 12.3 Å². The van der Waals surface area contributed by atoms with Gasteiger partial charge >= 0.3 is 5.97 Å². The molecule has 0 fully saturated rings. The van der Waals surface area contributed by atoms with Crippen molar-refractivity contribution >= 4 is 5.97 Å². The van der Waals surface area contributed by atoms with Crippen LogP contribution in [-0.2, 0) is 6.54 Å². The molecule has 0 amide bonds. The summed E-state index contributed by atoms with van der Waals surface area (Å²) < 4.78 is 5.21. The first kappa shape index (κ1) is 13.2. The van der Waals surface area contributed by atoms with E-state index in [9.17, 15) is 9.90 Å². The van der Waals surface area contributed by atoms with Crippen LogP contribution >= 0.6 is 0 Å². The zero-order valence-electron chi connectivity index (χ0n) is 10.5. The highest BCUT2D eigenvalue weighted by Gasteiger charge is 2.13. The van der Waals surface area contributed by atoms with Crippen LogP contribution in [0.25, 0.3) is 0 Å². The number of aromatic carboxylic acids is 1. The first-order chi connectivity index (χ1) is 9.06. The highest BCUT2D eigenvalue weighted by atomic mass is 16.4. The summed E-state index contributed by atoms with van der Waals surface area (Å²) in [4.78, 5) is 10.7. The van der Waals surface area contributed by atoms with Crippen molar-refractivity contribution in [1.29, 1.82) is 0 Å². The third kappa shape index (κ3) is 3.35. The van der Waals surface area contributed by atoms with Crippen LogP contribution in [-0.4, -0.2) is 16.2 Å². The molecule has 1 heterocycles. The number of phenols is 1. The molecule has 0 bridgehead atoms. The van der Waals surface area contributed by atoms with E-state index in [0.717, 1.165) is 5.56 Å². The molecular weight excluding hydrogens is 246 g/mol. The van der Waals surface area contributed by atoms with Crippen molar-refractivity contribution in [3.63, 3.8) is 0 Å². The molecule has 0 saturated heterocycles. The first-order valence-electron chi connectivity index (χ1n) is 5.90. The fourth-order valence-electron chi connectivity index (χ4n) is 1.69.